The minimum Gasteiger partial charge on any atom is -0.507 e. The standard InChI is InChI=1S/C18H16BrN3OS/c1-11-3-5-14(7-12(11)2)16-10-24-18(21-16)22-20-9-13-4-6-17(23)15(19)8-13/h3-10,23H,1-2H3,(H,21,22)/b20-9-. The number of phenolic OH excluding ortho intramolecular Hbond substituents is 1. The molecule has 0 aliphatic rings. The van der Waals surface area contributed by atoms with Crippen LogP contribution in [0.3, 0.4) is 0 Å². The fraction of sp³-hybridized carbons (Fsp3) is 0.111. The monoisotopic (exact) mass is 401 g/mol. The number of thiazole rings is 1. The molecule has 0 aliphatic heterocycles. The van der Waals surface area contributed by atoms with Crippen molar-refractivity contribution in [3.63, 3.8) is 0 Å². The van der Waals surface area contributed by atoms with Gasteiger partial charge in [-0.25, -0.2) is 4.98 Å². The van der Waals surface area contributed by atoms with Crippen molar-refractivity contribution in [1.82, 2.24) is 4.98 Å². The summed E-state index contributed by atoms with van der Waals surface area (Å²) in [5.41, 5.74) is 8.39. The zero-order valence-electron chi connectivity index (χ0n) is 13.2. The molecule has 0 bridgehead atoms. The fourth-order valence-electron chi connectivity index (χ4n) is 2.12. The zero-order valence-corrected chi connectivity index (χ0v) is 15.6. The number of anilines is 1. The second kappa shape index (κ2) is 7.15. The van der Waals surface area contributed by atoms with Crippen LogP contribution < -0.4 is 5.43 Å². The lowest BCUT2D eigenvalue weighted by Gasteiger charge is -2.02. The predicted octanol–water partition coefficient (Wildman–Crippen LogP) is 5.34. The van der Waals surface area contributed by atoms with Crippen molar-refractivity contribution in [2.75, 3.05) is 5.43 Å². The minimum atomic E-state index is 0.207. The Labute approximate surface area is 153 Å². The third kappa shape index (κ3) is 3.83. The maximum atomic E-state index is 9.48. The molecular formula is C18H16BrN3OS. The van der Waals surface area contributed by atoms with Crippen LogP contribution in [0.2, 0.25) is 0 Å². The summed E-state index contributed by atoms with van der Waals surface area (Å²) in [6.45, 7) is 4.20. The van der Waals surface area contributed by atoms with Gasteiger partial charge in [0, 0.05) is 10.9 Å². The number of rotatable bonds is 4. The first kappa shape index (κ1) is 16.7. The molecule has 24 heavy (non-hydrogen) atoms. The summed E-state index contributed by atoms with van der Waals surface area (Å²) < 4.78 is 0.637. The van der Waals surface area contributed by atoms with Gasteiger partial charge in [0.25, 0.3) is 0 Å². The van der Waals surface area contributed by atoms with Crippen LogP contribution in [0.25, 0.3) is 11.3 Å². The van der Waals surface area contributed by atoms with E-state index in [9.17, 15) is 5.11 Å². The Kier molecular flexibility index (Phi) is 4.97. The summed E-state index contributed by atoms with van der Waals surface area (Å²) >= 11 is 4.79. The van der Waals surface area contributed by atoms with Gasteiger partial charge in [0.15, 0.2) is 0 Å². The third-order valence-corrected chi connectivity index (χ3v) is 5.03. The highest BCUT2D eigenvalue weighted by atomic mass is 79.9. The van der Waals surface area contributed by atoms with E-state index in [0.29, 0.717) is 4.47 Å². The van der Waals surface area contributed by atoms with Crippen LogP contribution in [0, 0.1) is 13.8 Å². The number of benzene rings is 2. The molecule has 2 aromatic carbocycles. The largest absolute Gasteiger partial charge is 0.507 e. The number of aryl methyl sites for hydroxylation is 2. The Balaban J connectivity index is 1.70. The summed E-state index contributed by atoms with van der Waals surface area (Å²) in [5.74, 6) is 0.207. The Hall–Kier alpha value is -2.18. The number of nitrogens with one attached hydrogen (secondary N) is 1. The maximum absolute atomic E-state index is 9.48. The van der Waals surface area contributed by atoms with E-state index < -0.39 is 0 Å². The molecule has 0 atom stereocenters. The highest BCUT2D eigenvalue weighted by Crippen LogP contribution is 2.26. The van der Waals surface area contributed by atoms with Crippen molar-refractivity contribution in [3.8, 4) is 17.0 Å². The molecule has 2 N–H and O–H groups in total. The number of nitrogens with zero attached hydrogens (tertiary/aromatic N) is 2. The van der Waals surface area contributed by atoms with Crippen molar-refractivity contribution < 1.29 is 5.11 Å². The van der Waals surface area contributed by atoms with E-state index >= 15 is 0 Å². The van der Waals surface area contributed by atoms with Crippen molar-refractivity contribution in [1.29, 1.82) is 0 Å². The quantitative estimate of drug-likeness (QED) is 0.458. The summed E-state index contributed by atoms with van der Waals surface area (Å²) in [6, 6.07) is 11.5. The van der Waals surface area contributed by atoms with Crippen LogP contribution >= 0.6 is 27.3 Å². The number of aromatic nitrogens is 1. The second-order valence-electron chi connectivity index (χ2n) is 5.42. The lowest BCUT2D eigenvalue weighted by molar-refractivity contribution is 0.472. The number of hydrogen-bond acceptors (Lipinski definition) is 5. The second-order valence-corrected chi connectivity index (χ2v) is 7.13. The molecule has 0 radical (unpaired) electrons. The van der Waals surface area contributed by atoms with Crippen LogP contribution in [-0.4, -0.2) is 16.3 Å². The summed E-state index contributed by atoms with van der Waals surface area (Å²) in [6.07, 6.45) is 1.68. The van der Waals surface area contributed by atoms with E-state index in [0.717, 1.165) is 22.0 Å². The Morgan fingerprint density at radius 1 is 1.17 bits per heavy atom. The molecular weight excluding hydrogens is 386 g/mol. The van der Waals surface area contributed by atoms with Crippen LogP contribution in [0.1, 0.15) is 16.7 Å². The van der Waals surface area contributed by atoms with Crippen LogP contribution in [0.5, 0.6) is 5.75 Å². The fourth-order valence-corrected chi connectivity index (χ4v) is 3.19. The molecule has 3 rings (SSSR count). The van der Waals surface area contributed by atoms with Crippen molar-refractivity contribution in [2.45, 2.75) is 13.8 Å². The number of phenols is 1. The van der Waals surface area contributed by atoms with Gasteiger partial charge in [0.2, 0.25) is 5.13 Å². The molecule has 3 aromatic rings. The molecule has 0 saturated carbocycles. The Morgan fingerprint density at radius 2 is 2.00 bits per heavy atom. The van der Waals surface area contributed by atoms with Gasteiger partial charge >= 0.3 is 0 Å². The van der Waals surface area contributed by atoms with Gasteiger partial charge < -0.3 is 5.11 Å². The van der Waals surface area contributed by atoms with Gasteiger partial charge in [0.05, 0.1) is 16.4 Å². The SMILES string of the molecule is Cc1ccc(-c2csc(N/N=C\c3ccc(O)c(Br)c3)n2)cc1C. The van der Waals surface area contributed by atoms with Crippen molar-refractivity contribution in [2.24, 2.45) is 5.10 Å². The summed E-state index contributed by atoms with van der Waals surface area (Å²) in [7, 11) is 0. The molecule has 0 unspecified atom stereocenters. The molecule has 122 valence electrons. The minimum absolute atomic E-state index is 0.207. The number of hydrogen-bond donors (Lipinski definition) is 2. The van der Waals surface area contributed by atoms with Crippen LogP contribution in [-0.2, 0) is 0 Å². The molecule has 0 aliphatic carbocycles. The lowest BCUT2D eigenvalue weighted by atomic mass is 10.1. The highest BCUT2D eigenvalue weighted by Gasteiger charge is 2.05. The number of halogens is 1. The first-order chi connectivity index (χ1) is 11.5. The summed E-state index contributed by atoms with van der Waals surface area (Å²) in [4.78, 5) is 4.56. The molecule has 4 nitrogen and oxygen atoms in total. The highest BCUT2D eigenvalue weighted by molar-refractivity contribution is 9.10. The normalized spacial score (nSPS) is 11.1. The van der Waals surface area contributed by atoms with E-state index in [1.807, 2.05) is 5.38 Å². The van der Waals surface area contributed by atoms with Gasteiger partial charge in [-0.05, 0) is 70.7 Å². The zero-order chi connectivity index (χ0) is 17.1. The molecule has 1 aromatic heterocycles. The predicted molar refractivity (Wildman–Crippen MR) is 104 cm³/mol. The summed E-state index contributed by atoms with van der Waals surface area (Å²) in [5, 5.41) is 16.4. The topological polar surface area (TPSA) is 57.5 Å². The van der Waals surface area contributed by atoms with Gasteiger partial charge in [-0.3, -0.25) is 5.43 Å². The first-order valence-corrected chi connectivity index (χ1v) is 9.01. The van der Waals surface area contributed by atoms with Gasteiger partial charge in [-0.15, -0.1) is 11.3 Å². The lowest BCUT2D eigenvalue weighted by Crippen LogP contribution is -1.90. The average molecular weight is 402 g/mol. The molecule has 6 heteroatoms. The first-order valence-electron chi connectivity index (χ1n) is 7.33. The third-order valence-electron chi connectivity index (χ3n) is 3.65. The van der Waals surface area contributed by atoms with E-state index in [-0.39, 0.29) is 5.75 Å². The van der Waals surface area contributed by atoms with Crippen LogP contribution in [0.4, 0.5) is 5.13 Å². The van der Waals surface area contributed by atoms with Crippen molar-refractivity contribution >= 4 is 38.6 Å². The molecule has 0 saturated heterocycles. The van der Waals surface area contributed by atoms with Gasteiger partial charge in [0.1, 0.15) is 5.75 Å². The Morgan fingerprint density at radius 3 is 2.75 bits per heavy atom. The van der Waals surface area contributed by atoms with Gasteiger partial charge in [-0.1, -0.05) is 12.1 Å². The molecule has 0 spiro atoms. The van der Waals surface area contributed by atoms with Crippen molar-refractivity contribution in [3.05, 3.63) is 62.9 Å². The van der Waals surface area contributed by atoms with E-state index in [1.165, 1.54) is 22.5 Å². The Bertz CT molecular complexity index is 905. The van der Waals surface area contributed by atoms with Gasteiger partial charge in [-0.2, -0.15) is 5.10 Å². The number of hydrazone groups is 1. The van der Waals surface area contributed by atoms with E-state index in [4.69, 9.17) is 0 Å². The average Bonchev–Trinajstić information content (AvgIpc) is 3.02. The molecule has 1 heterocycles. The van der Waals surface area contributed by atoms with E-state index in [2.05, 4.69) is 63.5 Å². The molecule has 0 amide bonds. The molecule has 0 fully saturated rings. The van der Waals surface area contributed by atoms with Crippen LogP contribution in [0.15, 0.2) is 51.4 Å². The smallest absolute Gasteiger partial charge is 0.203 e. The maximum Gasteiger partial charge on any atom is 0.203 e. The van der Waals surface area contributed by atoms with E-state index in [1.54, 1.807) is 24.4 Å². The number of aromatic hydroxyl groups is 1.